The third-order valence-electron chi connectivity index (χ3n) is 2.11. The summed E-state index contributed by atoms with van der Waals surface area (Å²) in [6.07, 6.45) is -4.76. The van der Waals surface area contributed by atoms with Gasteiger partial charge in [0.15, 0.2) is 5.78 Å². The van der Waals surface area contributed by atoms with Crippen molar-refractivity contribution in [3.63, 3.8) is 0 Å². The summed E-state index contributed by atoms with van der Waals surface area (Å²) in [6.45, 7) is 2.93. The molecule has 0 N–H and O–H groups in total. The Morgan fingerprint density at radius 3 is 2.47 bits per heavy atom. The van der Waals surface area contributed by atoms with Crippen molar-refractivity contribution in [1.29, 1.82) is 0 Å². The summed E-state index contributed by atoms with van der Waals surface area (Å²) in [4.78, 5) is 11.1. The molecule has 0 heterocycles. The molecule has 0 fully saturated rings. The Morgan fingerprint density at radius 1 is 1.41 bits per heavy atom. The molecular weight excluding hydrogens is 257 g/mol. The number of rotatable bonds is 3. The van der Waals surface area contributed by atoms with E-state index in [1.54, 1.807) is 6.92 Å². The van der Waals surface area contributed by atoms with Crippen molar-refractivity contribution in [2.75, 3.05) is 0 Å². The molecule has 2 nitrogen and oxygen atoms in total. The number of hydrogen-bond donors (Lipinski definition) is 0. The van der Waals surface area contributed by atoms with Gasteiger partial charge in [0.25, 0.3) is 0 Å². The van der Waals surface area contributed by atoms with Crippen molar-refractivity contribution in [2.24, 2.45) is 0 Å². The number of aryl methyl sites for hydroxylation is 1. The van der Waals surface area contributed by atoms with Gasteiger partial charge in [0.05, 0.1) is 0 Å². The molecule has 94 valence electrons. The molecule has 1 aromatic carbocycles. The molecule has 0 saturated carbocycles. The maximum atomic E-state index is 12.0. The van der Waals surface area contributed by atoms with Gasteiger partial charge in [-0.2, -0.15) is 0 Å². The maximum absolute atomic E-state index is 12.0. The summed E-state index contributed by atoms with van der Waals surface area (Å²) in [6, 6.07) is 3.73. The summed E-state index contributed by atoms with van der Waals surface area (Å²) in [5.41, 5.74) is 0.954. The Labute approximate surface area is 101 Å². The molecule has 0 spiro atoms. The fourth-order valence-electron chi connectivity index (χ4n) is 1.31. The van der Waals surface area contributed by atoms with E-state index in [0.29, 0.717) is 11.1 Å². The average Bonchev–Trinajstić information content (AvgIpc) is 2.17. The number of ether oxygens (including phenoxy) is 1. The second kappa shape index (κ2) is 4.96. The van der Waals surface area contributed by atoms with Crippen molar-refractivity contribution in [1.82, 2.24) is 0 Å². The molecule has 1 rings (SSSR count). The van der Waals surface area contributed by atoms with Crippen LogP contribution in [0.2, 0.25) is 0 Å². The lowest BCUT2D eigenvalue weighted by Gasteiger charge is -2.13. The summed E-state index contributed by atoms with van der Waals surface area (Å²) in [5, 5.41) is -0.966. The van der Waals surface area contributed by atoms with Crippen LogP contribution in [0.15, 0.2) is 18.2 Å². The molecule has 0 aromatic heterocycles. The Morgan fingerprint density at radius 2 is 2.00 bits per heavy atom. The van der Waals surface area contributed by atoms with Crippen LogP contribution in [0, 0.1) is 6.92 Å². The standard InChI is InChI=1S/C11H10ClF3O2/c1-6-3-4-8(17-11(13,14)15)5-9(6)10(12)7(2)16/h3-5,10H,1-2H3. The monoisotopic (exact) mass is 266 g/mol. The number of Topliss-reactive ketones (excluding diaryl/α,β-unsaturated/α-hetero) is 1. The highest BCUT2D eigenvalue weighted by atomic mass is 35.5. The molecule has 0 bridgehead atoms. The van der Waals surface area contributed by atoms with Crippen molar-refractivity contribution in [3.8, 4) is 5.75 Å². The van der Waals surface area contributed by atoms with Gasteiger partial charge in [-0.25, -0.2) is 0 Å². The first-order chi connectivity index (χ1) is 7.70. The number of carbonyl (C=O) groups is 1. The summed E-state index contributed by atoms with van der Waals surface area (Å²) >= 11 is 5.80. The molecule has 17 heavy (non-hydrogen) atoms. The van der Waals surface area contributed by atoms with E-state index in [1.807, 2.05) is 0 Å². The van der Waals surface area contributed by atoms with Gasteiger partial charge >= 0.3 is 6.36 Å². The van der Waals surface area contributed by atoms with Gasteiger partial charge in [-0.15, -0.1) is 24.8 Å². The molecule has 0 aliphatic carbocycles. The van der Waals surface area contributed by atoms with Gasteiger partial charge in [-0.05, 0) is 37.1 Å². The molecule has 0 saturated heterocycles. The number of alkyl halides is 4. The molecular formula is C11H10ClF3O2. The van der Waals surface area contributed by atoms with E-state index in [9.17, 15) is 18.0 Å². The van der Waals surface area contributed by atoms with Gasteiger partial charge in [0.2, 0.25) is 0 Å². The van der Waals surface area contributed by atoms with E-state index in [4.69, 9.17) is 11.6 Å². The van der Waals surface area contributed by atoms with Gasteiger partial charge in [-0.3, -0.25) is 4.79 Å². The summed E-state index contributed by atoms with van der Waals surface area (Å²) < 4.78 is 39.8. The molecule has 1 atom stereocenters. The Kier molecular flexibility index (Phi) is 4.03. The van der Waals surface area contributed by atoms with Gasteiger partial charge in [-0.1, -0.05) is 6.07 Å². The van der Waals surface area contributed by atoms with Crippen molar-refractivity contribution in [3.05, 3.63) is 29.3 Å². The Bertz CT molecular complexity index is 429. The lowest BCUT2D eigenvalue weighted by molar-refractivity contribution is -0.274. The molecule has 1 unspecified atom stereocenters. The second-order valence-corrected chi connectivity index (χ2v) is 3.98. The minimum absolute atomic E-state index is 0.320. The number of halogens is 4. The molecule has 1 aromatic rings. The van der Waals surface area contributed by atoms with Crippen LogP contribution in [0.5, 0.6) is 5.75 Å². The van der Waals surface area contributed by atoms with Gasteiger partial charge in [0, 0.05) is 0 Å². The number of hydrogen-bond acceptors (Lipinski definition) is 2. The first-order valence-electron chi connectivity index (χ1n) is 4.71. The zero-order valence-corrected chi connectivity index (χ0v) is 9.89. The van der Waals surface area contributed by atoms with Gasteiger partial charge in [0.1, 0.15) is 11.1 Å². The molecule has 0 amide bonds. The fourth-order valence-corrected chi connectivity index (χ4v) is 1.54. The zero-order chi connectivity index (χ0) is 13.2. The van der Waals surface area contributed by atoms with Crippen LogP contribution >= 0.6 is 11.6 Å². The SMILES string of the molecule is CC(=O)C(Cl)c1cc(OC(F)(F)F)ccc1C. The Hall–Kier alpha value is -1.23. The van der Waals surface area contributed by atoms with Crippen molar-refractivity contribution >= 4 is 17.4 Å². The van der Waals surface area contributed by atoms with Crippen LogP contribution in [0.3, 0.4) is 0 Å². The third-order valence-corrected chi connectivity index (χ3v) is 2.66. The minimum atomic E-state index is -4.76. The fraction of sp³-hybridized carbons (Fsp3) is 0.364. The average molecular weight is 267 g/mol. The highest BCUT2D eigenvalue weighted by molar-refractivity contribution is 6.30. The second-order valence-electron chi connectivity index (χ2n) is 3.54. The van der Waals surface area contributed by atoms with Crippen LogP contribution < -0.4 is 4.74 Å². The molecule has 0 aliphatic heterocycles. The largest absolute Gasteiger partial charge is 0.573 e. The lowest BCUT2D eigenvalue weighted by atomic mass is 10.0. The highest BCUT2D eigenvalue weighted by Crippen LogP contribution is 2.30. The smallest absolute Gasteiger partial charge is 0.406 e. The van der Waals surface area contributed by atoms with E-state index in [0.717, 1.165) is 6.07 Å². The zero-order valence-electron chi connectivity index (χ0n) is 9.14. The molecule has 0 radical (unpaired) electrons. The lowest BCUT2D eigenvalue weighted by Crippen LogP contribution is -2.17. The van der Waals surface area contributed by atoms with E-state index in [2.05, 4.69) is 4.74 Å². The summed E-state index contributed by atoms with van der Waals surface area (Å²) in [5.74, 6) is -0.719. The van der Waals surface area contributed by atoms with Crippen LogP contribution in [0.4, 0.5) is 13.2 Å². The number of ketones is 1. The van der Waals surface area contributed by atoms with Crippen molar-refractivity contribution in [2.45, 2.75) is 25.6 Å². The first kappa shape index (κ1) is 13.8. The molecule has 0 aliphatic rings. The Balaban J connectivity index is 3.06. The normalized spacial score (nSPS) is 13.3. The van der Waals surface area contributed by atoms with E-state index in [-0.39, 0.29) is 11.5 Å². The highest BCUT2D eigenvalue weighted by Gasteiger charge is 2.31. The quantitative estimate of drug-likeness (QED) is 0.779. The van der Waals surface area contributed by atoms with Crippen LogP contribution in [0.25, 0.3) is 0 Å². The van der Waals surface area contributed by atoms with Crippen LogP contribution in [-0.4, -0.2) is 12.1 Å². The number of carbonyl (C=O) groups excluding carboxylic acids is 1. The predicted octanol–water partition coefficient (Wildman–Crippen LogP) is 3.76. The minimum Gasteiger partial charge on any atom is -0.406 e. The van der Waals surface area contributed by atoms with Crippen molar-refractivity contribution < 1.29 is 22.7 Å². The van der Waals surface area contributed by atoms with E-state index in [1.165, 1.54) is 19.1 Å². The first-order valence-corrected chi connectivity index (χ1v) is 5.15. The maximum Gasteiger partial charge on any atom is 0.573 e. The predicted molar refractivity (Wildman–Crippen MR) is 57.1 cm³/mol. The number of benzene rings is 1. The third kappa shape index (κ3) is 3.93. The summed E-state index contributed by atoms with van der Waals surface area (Å²) in [7, 11) is 0. The topological polar surface area (TPSA) is 26.3 Å². The van der Waals surface area contributed by atoms with E-state index >= 15 is 0 Å². The van der Waals surface area contributed by atoms with Crippen LogP contribution in [-0.2, 0) is 4.79 Å². The van der Waals surface area contributed by atoms with E-state index < -0.39 is 11.7 Å². The van der Waals surface area contributed by atoms with Crippen LogP contribution in [0.1, 0.15) is 23.4 Å². The van der Waals surface area contributed by atoms with Gasteiger partial charge < -0.3 is 4.74 Å². The molecule has 6 heteroatoms.